The predicted octanol–water partition coefficient (Wildman–Crippen LogP) is 3.06. The van der Waals surface area contributed by atoms with Crippen LogP contribution in [-0.4, -0.2) is 73.6 Å². The fourth-order valence-corrected chi connectivity index (χ4v) is 4.53. The minimum Gasteiger partial charge on any atom is -0.303 e. The van der Waals surface area contributed by atoms with E-state index < -0.39 is 0 Å². The van der Waals surface area contributed by atoms with Gasteiger partial charge in [0.15, 0.2) is 0 Å². The molecule has 22 heavy (non-hydrogen) atoms. The molecule has 0 radical (unpaired) electrons. The maximum absolute atomic E-state index is 2.65. The molecule has 0 aromatic carbocycles. The van der Waals surface area contributed by atoms with Gasteiger partial charge in [0.25, 0.3) is 0 Å². The molecule has 0 saturated carbocycles. The van der Waals surface area contributed by atoms with Gasteiger partial charge in [-0.15, -0.1) is 0 Å². The Bertz CT molecular complexity index is 222. The summed E-state index contributed by atoms with van der Waals surface area (Å²) in [6.07, 6.45) is 13.2. The monoisotopic (exact) mass is 307 g/mol. The van der Waals surface area contributed by atoms with E-state index >= 15 is 0 Å². The first-order valence-corrected chi connectivity index (χ1v) is 10.1. The van der Waals surface area contributed by atoms with Crippen molar-refractivity contribution in [3.05, 3.63) is 0 Å². The number of piperidine rings is 1. The van der Waals surface area contributed by atoms with Crippen molar-refractivity contribution in [2.75, 3.05) is 58.9 Å². The summed E-state index contributed by atoms with van der Waals surface area (Å²) in [5.41, 5.74) is 0. The lowest BCUT2D eigenvalue weighted by Crippen LogP contribution is -2.45. The van der Waals surface area contributed by atoms with Gasteiger partial charge in [-0.2, -0.15) is 0 Å². The van der Waals surface area contributed by atoms with Gasteiger partial charge in [0, 0.05) is 26.2 Å². The second-order valence-electron chi connectivity index (χ2n) is 7.88. The second kappa shape index (κ2) is 9.24. The van der Waals surface area contributed by atoms with Crippen molar-refractivity contribution in [1.29, 1.82) is 0 Å². The molecule has 4 bridgehead atoms. The molecule has 6 heterocycles. The van der Waals surface area contributed by atoms with Gasteiger partial charge in [0.2, 0.25) is 0 Å². The largest absolute Gasteiger partial charge is 0.303 e. The lowest BCUT2D eigenvalue weighted by molar-refractivity contribution is 0.142. The van der Waals surface area contributed by atoms with Crippen LogP contribution in [0.25, 0.3) is 0 Å². The molecule has 6 saturated heterocycles. The SMILES string of the molecule is C1CCC2CCN(CC1)CC2.C1CCN2CCN(CC1)CC2. The number of piperazine rings is 1. The zero-order valence-corrected chi connectivity index (χ0v) is 14.6. The van der Waals surface area contributed by atoms with E-state index in [0.717, 1.165) is 5.92 Å². The summed E-state index contributed by atoms with van der Waals surface area (Å²) in [5.74, 6) is 1.09. The molecule has 6 fully saturated rings. The van der Waals surface area contributed by atoms with Crippen LogP contribution in [0, 0.1) is 5.92 Å². The van der Waals surface area contributed by atoms with E-state index in [4.69, 9.17) is 0 Å². The van der Waals surface area contributed by atoms with Crippen molar-refractivity contribution in [3.8, 4) is 0 Å². The predicted molar refractivity (Wildman–Crippen MR) is 94.4 cm³/mol. The Hall–Kier alpha value is -0.120. The fraction of sp³-hybridized carbons (Fsp3) is 1.00. The molecule has 0 amide bonds. The number of rotatable bonds is 0. The van der Waals surface area contributed by atoms with E-state index in [1.807, 2.05) is 0 Å². The van der Waals surface area contributed by atoms with Gasteiger partial charge < -0.3 is 14.7 Å². The first-order chi connectivity index (χ1) is 10.9. The molecule has 0 spiro atoms. The standard InChI is InChI=1S/C10H19N.C9H18N2/c1-2-4-10-5-8-11(7-3-1)9-6-10;1-2-4-10-6-8-11(5-3-1)9-7-10/h10H,1-9H2;1-9H2. The Morgan fingerprint density at radius 1 is 0.364 bits per heavy atom. The van der Waals surface area contributed by atoms with Crippen molar-refractivity contribution in [1.82, 2.24) is 14.7 Å². The van der Waals surface area contributed by atoms with Gasteiger partial charge in [-0.05, 0) is 70.7 Å². The lowest BCUT2D eigenvalue weighted by Gasteiger charge is -2.33. The molecular weight excluding hydrogens is 270 g/mol. The van der Waals surface area contributed by atoms with Crippen LogP contribution in [0.15, 0.2) is 0 Å². The van der Waals surface area contributed by atoms with Gasteiger partial charge in [0.1, 0.15) is 0 Å². The molecule has 0 aliphatic carbocycles. The Morgan fingerprint density at radius 2 is 0.818 bits per heavy atom. The van der Waals surface area contributed by atoms with Gasteiger partial charge in [0.05, 0.1) is 0 Å². The summed E-state index contributed by atoms with van der Waals surface area (Å²) < 4.78 is 0. The maximum atomic E-state index is 2.65. The van der Waals surface area contributed by atoms with E-state index in [1.54, 1.807) is 0 Å². The molecule has 6 aliphatic rings. The Kier molecular flexibility index (Phi) is 7.03. The third-order valence-corrected chi connectivity index (χ3v) is 6.21. The first-order valence-electron chi connectivity index (χ1n) is 10.1. The van der Waals surface area contributed by atoms with Crippen LogP contribution in [0.1, 0.15) is 57.8 Å². The highest BCUT2D eigenvalue weighted by atomic mass is 15.3. The second-order valence-corrected chi connectivity index (χ2v) is 7.88. The molecule has 0 aromatic heterocycles. The van der Waals surface area contributed by atoms with Gasteiger partial charge in [-0.3, -0.25) is 0 Å². The molecule has 0 aromatic rings. The van der Waals surface area contributed by atoms with Crippen molar-refractivity contribution in [2.45, 2.75) is 57.8 Å². The summed E-state index contributed by atoms with van der Waals surface area (Å²) >= 11 is 0. The van der Waals surface area contributed by atoms with E-state index in [-0.39, 0.29) is 0 Å². The average molecular weight is 308 g/mol. The van der Waals surface area contributed by atoms with Crippen LogP contribution in [0.5, 0.6) is 0 Å². The minimum absolute atomic E-state index is 1.09. The Morgan fingerprint density at radius 3 is 1.36 bits per heavy atom. The molecule has 0 N–H and O–H groups in total. The van der Waals surface area contributed by atoms with Crippen molar-refractivity contribution in [2.24, 2.45) is 5.92 Å². The molecule has 3 nitrogen and oxygen atoms in total. The summed E-state index contributed by atoms with van der Waals surface area (Å²) in [5, 5.41) is 0. The summed E-state index contributed by atoms with van der Waals surface area (Å²) in [6.45, 7) is 12.2. The van der Waals surface area contributed by atoms with Crippen LogP contribution in [0.2, 0.25) is 0 Å². The van der Waals surface area contributed by atoms with Crippen LogP contribution in [0.4, 0.5) is 0 Å². The first kappa shape index (κ1) is 16.7. The summed E-state index contributed by atoms with van der Waals surface area (Å²) in [6, 6.07) is 0. The molecule has 6 rings (SSSR count). The van der Waals surface area contributed by atoms with E-state index in [0.29, 0.717) is 0 Å². The highest BCUT2D eigenvalue weighted by Gasteiger charge is 2.20. The van der Waals surface area contributed by atoms with Crippen LogP contribution in [-0.2, 0) is 0 Å². The fourth-order valence-electron chi connectivity index (χ4n) is 4.53. The summed E-state index contributed by atoms with van der Waals surface area (Å²) in [7, 11) is 0. The molecule has 3 heteroatoms. The Labute approximate surface area is 138 Å². The zero-order valence-electron chi connectivity index (χ0n) is 14.6. The number of hydrogen-bond acceptors (Lipinski definition) is 3. The van der Waals surface area contributed by atoms with E-state index in [1.165, 1.54) is 117 Å². The van der Waals surface area contributed by atoms with Gasteiger partial charge >= 0.3 is 0 Å². The quantitative estimate of drug-likeness (QED) is 0.681. The molecular formula is C19H37N3. The van der Waals surface area contributed by atoms with E-state index in [2.05, 4.69) is 14.7 Å². The van der Waals surface area contributed by atoms with Crippen molar-refractivity contribution >= 4 is 0 Å². The molecule has 0 unspecified atom stereocenters. The van der Waals surface area contributed by atoms with Crippen molar-refractivity contribution < 1.29 is 0 Å². The third-order valence-electron chi connectivity index (χ3n) is 6.21. The van der Waals surface area contributed by atoms with Crippen LogP contribution in [0.3, 0.4) is 0 Å². The third kappa shape index (κ3) is 5.50. The number of hydrogen-bond donors (Lipinski definition) is 0. The van der Waals surface area contributed by atoms with Crippen LogP contribution < -0.4 is 0 Å². The average Bonchev–Trinajstić information content (AvgIpc) is 2.86. The Balaban J connectivity index is 0.000000131. The minimum atomic E-state index is 1.09. The smallest absolute Gasteiger partial charge is 0.0110 e. The van der Waals surface area contributed by atoms with Crippen LogP contribution >= 0.6 is 0 Å². The molecule has 128 valence electrons. The lowest BCUT2D eigenvalue weighted by atomic mass is 9.93. The topological polar surface area (TPSA) is 9.72 Å². The molecule has 0 atom stereocenters. The highest BCUT2D eigenvalue weighted by Crippen LogP contribution is 2.25. The highest BCUT2D eigenvalue weighted by molar-refractivity contribution is 4.74. The number of fused-ring (bicyclic) bond motifs is 12. The zero-order chi connectivity index (χ0) is 15.0. The molecule has 6 aliphatic heterocycles. The van der Waals surface area contributed by atoms with Gasteiger partial charge in [-0.25, -0.2) is 0 Å². The van der Waals surface area contributed by atoms with E-state index in [9.17, 15) is 0 Å². The number of nitrogens with zero attached hydrogens (tertiary/aromatic N) is 3. The normalized spacial score (nSPS) is 39.3. The summed E-state index contributed by atoms with van der Waals surface area (Å²) in [4.78, 5) is 7.88. The van der Waals surface area contributed by atoms with Crippen molar-refractivity contribution in [3.63, 3.8) is 0 Å². The maximum Gasteiger partial charge on any atom is 0.0110 e. The van der Waals surface area contributed by atoms with Gasteiger partial charge in [-0.1, -0.05) is 25.7 Å².